The van der Waals surface area contributed by atoms with Gasteiger partial charge in [-0.3, -0.25) is 9.98 Å². The molecule has 0 aliphatic carbocycles. The highest BCUT2D eigenvalue weighted by Gasteiger charge is 2.00. The van der Waals surface area contributed by atoms with Crippen LogP contribution in [0, 0.1) is 6.92 Å². The zero-order chi connectivity index (χ0) is 17.8. The molecule has 2 heterocycles. The maximum Gasteiger partial charge on any atom is 0.110 e. The number of nitrogens with zero attached hydrogens (tertiary/aromatic N) is 4. The van der Waals surface area contributed by atoms with Gasteiger partial charge in [-0.1, -0.05) is 24.3 Å². The number of aryl methyl sites for hydroxylation is 1. The topological polar surface area (TPSA) is 43.1 Å². The summed E-state index contributed by atoms with van der Waals surface area (Å²) < 4.78 is 2.05. The van der Waals surface area contributed by atoms with Gasteiger partial charge in [0.1, 0.15) is 5.82 Å². The molecule has 2 aromatic carbocycles. The molecule has 0 N–H and O–H groups in total. The standard InChI is InChI=1S/C22H18N4/c1-17-24-14-15-26(17)22-8-2-18(3-9-22)16-25-21-6-4-19(5-7-21)20-10-12-23-13-11-20/h2-16H,1H3/b25-16+. The van der Waals surface area contributed by atoms with Gasteiger partial charge < -0.3 is 4.57 Å². The molecule has 0 aliphatic rings. The molecule has 4 rings (SSSR count). The Balaban J connectivity index is 1.49. The summed E-state index contributed by atoms with van der Waals surface area (Å²) in [6, 6.07) is 20.5. The first-order chi connectivity index (χ1) is 12.8. The van der Waals surface area contributed by atoms with Crippen LogP contribution in [0.5, 0.6) is 0 Å². The van der Waals surface area contributed by atoms with Crippen molar-refractivity contribution in [2.45, 2.75) is 6.92 Å². The Morgan fingerprint density at radius 3 is 2.15 bits per heavy atom. The van der Waals surface area contributed by atoms with Gasteiger partial charge in [-0.2, -0.15) is 0 Å². The van der Waals surface area contributed by atoms with Gasteiger partial charge in [0.25, 0.3) is 0 Å². The Morgan fingerprint density at radius 1 is 0.808 bits per heavy atom. The highest BCUT2D eigenvalue weighted by Crippen LogP contribution is 2.22. The molecule has 26 heavy (non-hydrogen) atoms. The van der Waals surface area contributed by atoms with E-state index in [0.29, 0.717) is 0 Å². The third-order valence-corrected chi connectivity index (χ3v) is 4.24. The lowest BCUT2D eigenvalue weighted by Gasteiger charge is -2.05. The molecule has 0 fully saturated rings. The summed E-state index contributed by atoms with van der Waals surface area (Å²) in [5.41, 5.74) is 5.40. The average Bonchev–Trinajstić information content (AvgIpc) is 3.14. The van der Waals surface area contributed by atoms with Crippen molar-refractivity contribution in [3.05, 3.63) is 96.8 Å². The Bertz CT molecular complexity index is 1010. The number of imidazole rings is 1. The third-order valence-electron chi connectivity index (χ3n) is 4.24. The molecule has 0 saturated carbocycles. The molecule has 0 spiro atoms. The van der Waals surface area contributed by atoms with Crippen LogP contribution in [0.15, 0.2) is 90.4 Å². The van der Waals surface area contributed by atoms with E-state index in [9.17, 15) is 0 Å². The second-order valence-corrected chi connectivity index (χ2v) is 5.98. The number of rotatable bonds is 4. The van der Waals surface area contributed by atoms with Crippen LogP contribution < -0.4 is 0 Å². The normalized spacial score (nSPS) is 11.1. The fourth-order valence-corrected chi connectivity index (χ4v) is 2.81. The van der Waals surface area contributed by atoms with Gasteiger partial charge in [0.2, 0.25) is 0 Å². The van der Waals surface area contributed by atoms with E-state index in [-0.39, 0.29) is 0 Å². The Hall–Kier alpha value is -3.53. The van der Waals surface area contributed by atoms with Crippen molar-refractivity contribution in [2.24, 2.45) is 4.99 Å². The molecular weight excluding hydrogens is 320 g/mol. The van der Waals surface area contributed by atoms with Crippen molar-refractivity contribution >= 4 is 11.9 Å². The van der Waals surface area contributed by atoms with Gasteiger partial charge in [-0.05, 0) is 60.0 Å². The van der Waals surface area contributed by atoms with Crippen molar-refractivity contribution in [1.29, 1.82) is 0 Å². The largest absolute Gasteiger partial charge is 0.304 e. The number of benzene rings is 2. The molecule has 2 aromatic heterocycles. The maximum atomic E-state index is 4.56. The maximum absolute atomic E-state index is 4.56. The molecular formula is C22H18N4. The quantitative estimate of drug-likeness (QED) is 0.492. The van der Waals surface area contributed by atoms with Crippen LogP contribution in [0.2, 0.25) is 0 Å². The molecule has 0 unspecified atom stereocenters. The van der Waals surface area contributed by atoms with Crippen molar-refractivity contribution < 1.29 is 0 Å². The fourth-order valence-electron chi connectivity index (χ4n) is 2.81. The van der Waals surface area contributed by atoms with Crippen molar-refractivity contribution in [2.75, 3.05) is 0 Å². The van der Waals surface area contributed by atoms with E-state index in [1.807, 2.05) is 43.6 Å². The van der Waals surface area contributed by atoms with Gasteiger partial charge in [0.15, 0.2) is 0 Å². The number of aliphatic imine (C=N–C) groups is 1. The first kappa shape index (κ1) is 16.0. The van der Waals surface area contributed by atoms with E-state index in [2.05, 4.69) is 55.9 Å². The molecule has 4 heteroatoms. The third kappa shape index (κ3) is 3.44. The Morgan fingerprint density at radius 2 is 1.50 bits per heavy atom. The van der Waals surface area contributed by atoms with E-state index in [4.69, 9.17) is 0 Å². The summed E-state index contributed by atoms with van der Waals surface area (Å²) in [5.74, 6) is 0.973. The summed E-state index contributed by atoms with van der Waals surface area (Å²) in [7, 11) is 0. The lowest BCUT2D eigenvalue weighted by Crippen LogP contribution is -1.95. The molecule has 0 aliphatic heterocycles. The molecule has 4 nitrogen and oxygen atoms in total. The van der Waals surface area contributed by atoms with E-state index in [1.165, 1.54) is 0 Å². The van der Waals surface area contributed by atoms with Gasteiger partial charge in [0, 0.05) is 36.7 Å². The van der Waals surface area contributed by atoms with Crippen LogP contribution in [0.25, 0.3) is 16.8 Å². The molecule has 0 atom stereocenters. The minimum Gasteiger partial charge on any atom is -0.304 e. The number of hydrogen-bond acceptors (Lipinski definition) is 3. The highest BCUT2D eigenvalue weighted by molar-refractivity contribution is 5.82. The summed E-state index contributed by atoms with van der Waals surface area (Å²) >= 11 is 0. The second kappa shape index (κ2) is 7.15. The first-order valence-electron chi connectivity index (χ1n) is 8.44. The SMILES string of the molecule is Cc1nccn1-c1ccc(/C=N/c2ccc(-c3ccncc3)cc2)cc1. The molecule has 0 amide bonds. The van der Waals surface area contributed by atoms with Gasteiger partial charge >= 0.3 is 0 Å². The smallest absolute Gasteiger partial charge is 0.110 e. The molecule has 4 aromatic rings. The van der Waals surface area contributed by atoms with Crippen LogP contribution in [0.3, 0.4) is 0 Å². The summed E-state index contributed by atoms with van der Waals surface area (Å²) in [6.07, 6.45) is 9.25. The summed E-state index contributed by atoms with van der Waals surface area (Å²) in [5, 5.41) is 0. The van der Waals surface area contributed by atoms with Crippen LogP contribution in [-0.4, -0.2) is 20.7 Å². The van der Waals surface area contributed by atoms with Crippen LogP contribution in [0.1, 0.15) is 11.4 Å². The molecule has 0 radical (unpaired) electrons. The second-order valence-electron chi connectivity index (χ2n) is 5.98. The van der Waals surface area contributed by atoms with Crippen molar-refractivity contribution in [1.82, 2.24) is 14.5 Å². The Kier molecular flexibility index (Phi) is 4.39. The van der Waals surface area contributed by atoms with Crippen molar-refractivity contribution in [3.63, 3.8) is 0 Å². The minimum absolute atomic E-state index is 0.928. The summed E-state index contributed by atoms with van der Waals surface area (Å²) in [6.45, 7) is 1.99. The molecule has 126 valence electrons. The number of hydrogen-bond donors (Lipinski definition) is 0. The zero-order valence-electron chi connectivity index (χ0n) is 14.4. The predicted molar refractivity (Wildman–Crippen MR) is 105 cm³/mol. The number of pyridine rings is 1. The van der Waals surface area contributed by atoms with E-state index in [1.54, 1.807) is 18.6 Å². The van der Waals surface area contributed by atoms with Crippen LogP contribution in [0.4, 0.5) is 5.69 Å². The van der Waals surface area contributed by atoms with Gasteiger partial charge in [-0.15, -0.1) is 0 Å². The summed E-state index contributed by atoms with van der Waals surface area (Å²) in [4.78, 5) is 12.9. The first-order valence-corrected chi connectivity index (χ1v) is 8.44. The predicted octanol–water partition coefficient (Wildman–Crippen LogP) is 4.99. The van der Waals surface area contributed by atoms with Gasteiger partial charge in [0.05, 0.1) is 5.69 Å². The van der Waals surface area contributed by atoms with E-state index < -0.39 is 0 Å². The fraction of sp³-hybridized carbons (Fsp3) is 0.0455. The molecule has 0 saturated heterocycles. The zero-order valence-corrected chi connectivity index (χ0v) is 14.4. The lowest BCUT2D eigenvalue weighted by molar-refractivity contribution is 0.975. The van der Waals surface area contributed by atoms with Gasteiger partial charge in [-0.25, -0.2) is 4.98 Å². The average molecular weight is 338 g/mol. The number of aromatic nitrogens is 3. The minimum atomic E-state index is 0.928. The van der Waals surface area contributed by atoms with E-state index >= 15 is 0 Å². The van der Waals surface area contributed by atoms with Crippen LogP contribution >= 0.6 is 0 Å². The van der Waals surface area contributed by atoms with E-state index in [0.717, 1.165) is 33.9 Å². The molecule has 0 bridgehead atoms. The van der Waals surface area contributed by atoms with Crippen molar-refractivity contribution in [3.8, 4) is 16.8 Å². The Labute approximate surface area is 152 Å². The van der Waals surface area contributed by atoms with Crippen LogP contribution in [-0.2, 0) is 0 Å². The monoisotopic (exact) mass is 338 g/mol. The highest BCUT2D eigenvalue weighted by atomic mass is 15.1. The lowest BCUT2D eigenvalue weighted by atomic mass is 10.1.